The van der Waals surface area contributed by atoms with Crippen LogP contribution in [0.3, 0.4) is 0 Å². The molecule has 1 heterocycles. The van der Waals surface area contributed by atoms with Gasteiger partial charge >= 0.3 is 5.92 Å². The summed E-state index contributed by atoms with van der Waals surface area (Å²) in [4.78, 5) is 22.3. The van der Waals surface area contributed by atoms with Crippen molar-refractivity contribution in [1.82, 2.24) is 0 Å². The lowest BCUT2D eigenvalue weighted by Crippen LogP contribution is -2.25. The zero-order valence-electron chi connectivity index (χ0n) is 10.3. The van der Waals surface area contributed by atoms with Gasteiger partial charge < -0.3 is 0 Å². The summed E-state index contributed by atoms with van der Waals surface area (Å²) in [6.45, 7) is 1.71. The van der Waals surface area contributed by atoms with Crippen molar-refractivity contribution >= 4 is 22.8 Å². The topological polar surface area (TPSA) is 60.2 Å². The Hall–Kier alpha value is -2.15. The molecule has 0 spiro atoms. The van der Waals surface area contributed by atoms with Crippen molar-refractivity contribution in [1.29, 1.82) is 0 Å². The Balaban J connectivity index is 2.34. The molecule has 0 N–H and O–H groups in total. The number of nitrogens with zero attached hydrogens (tertiary/aromatic N) is 1. The second kappa shape index (κ2) is 5.09. The average Bonchev–Trinajstić information content (AvgIpc) is 2.84. The van der Waals surface area contributed by atoms with Crippen molar-refractivity contribution in [3.05, 3.63) is 61.8 Å². The number of aryl methyl sites for hydroxylation is 1. The van der Waals surface area contributed by atoms with E-state index in [1.165, 1.54) is 6.07 Å². The molecule has 20 heavy (non-hydrogen) atoms. The van der Waals surface area contributed by atoms with Crippen LogP contribution < -0.4 is 0 Å². The van der Waals surface area contributed by atoms with Gasteiger partial charge in [0, 0.05) is 22.6 Å². The summed E-state index contributed by atoms with van der Waals surface area (Å²) in [5.74, 6) is -5.00. The Bertz CT molecular complexity index is 665. The van der Waals surface area contributed by atoms with E-state index < -0.39 is 22.2 Å². The SMILES string of the molecule is Cc1ccc(C(=O)C(F)(F)c2ccc([N+](=O)[O-])cc2)s1. The number of benzene rings is 1. The van der Waals surface area contributed by atoms with E-state index in [0.717, 1.165) is 40.5 Å². The van der Waals surface area contributed by atoms with Crippen LogP contribution in [0.25, 0.3) is 0 Å². The molecule has 0 aliphatic carbocycles. The van der Waals surface area contributed by atoms with Crippen LogP contribution in [-0.4, -0.2) is 10.7 Å². The first-order valence-electron chi connectivity index (χ1n) is 5.56. The second-order valence-electron chi connectivity index (χ2n) is 4.12. The molecule has 1 aromatic carbocycles. The number of carbonyl (C=O) groups is 1. The molecule has 1 aromatic heterocycles. The maximum Gasteiger partial charge on any atom is 0.335 e. The van der Waals surface area contributed by atoms with Crippen LogP contribution in [0.1, 0.15) is 20.1 Å². The third-order valence-corrected chi connectivity index (χ3v) is 3.69. The molecule has 0 saturated heterocycles. The number of nitro benzene ring substituents is 1. The smallest absolute Gasteiger partial charge is 0.286 e. The molecule has 104 valence electrons. The van der Waals surface area contributed by atoms with Crippen molar-refractivity contribution in [3.63, 3.8) is 0 Å². The molecule has 0 aliphatic rings. The minimum atomic E-state index is -3.70. The van der Waals surface area contributed by atoms with Gasteiger partial charge in [-0.2, -0.15) is 8.78 Å². The number of alkyl halides is 2. The summed E-state index contributed by atoms with van der Waals surface area (Å²) in [7, 11) is 0. The second-order valence-corrected chi connectivity index (χ2v) is 5.41. The summed E-state index contributed by atoms with van der Waals surface area (Å²) in [5, 5.41) is 10.5. The lowest BCUT2D eigenvalue weighted by Gasteiger charge is -2.14. The fourth-order valence-corrected chi connectivity index (χ4v) is 2.47. The monoisotopic (exact) mass is 297 g/mol. The number of carbonyl (C=O) groups excluding carboxylic acids is 1. The lowest BCUT2D eigenvalue weighted by atomic mass is 10.0. The highest BCUT2D eigenvalue weighted by molar-refractivity contribution is 7.14. The first-order chi connectivity index (χ1) is 9.32. The van der Waals surface area contributed by atoms with Gasteiger partial charge in [-0.05, 0) is 31.2 Å². The zero-order valence-corrected chi connectivity index (χ0v) is 11.1. The molecule has 2 aromatic rings. The molecule has 0 amide bonds. The van der Waals surface area contributed by atoms with Gasteiger partial charge in [-0.15, -0.1) is 11.3 Å². The number of Topliss-reactive ketones (excluding diaryl/α,β-unsaturated/α-hetero) is 1. The van der Waals surface area contributed by atoms with Crippen LogP contribution in [0.2, 0.25) is 0 Å². The summed E-state index contributed by atoms with van der Waals surface area (Å²) < 4.78 is 28.1. The number of non-ortho nitro benzene ring substituents is 1. The molecule has 7 heteroatoms. The number of rotatable bonds is 4. The van der Waals surface area contributed by atoms with Crippen LogP contribution in [0.4, 0.5) is 14.5 Å². The Morgan fingerprint density at radius 1 is 1.20 bits per heavy atom. The highest BCUT2D eigenvalue weighted by Crippen LogP contribution is 2.34. The van der Waals surface area contributed by atoms with E-state index in [9.17, 15) is 23.7 Å². The van der Waals surface area contributed by atoms with Crippen molar-refractivity contribution in [2.24, 2.45) is 0 Å². The largest absolute Gasteiger partial charge is 0.335 e. The minimum absolute atomic E-state index is 0.0362. The average molecular weight is 297 g/mol. The summed E-state index contributed by atoms with van der Waals surface area (Å²) in [6.07, 6.45) is 0. The number of hydrogen-bond donors (Lipinski definition) is 0. The van der Waals surface area contributed by atoms with Gasteiger partial charge in [-0.25, -0.2) is 0 Å². The van der Waals surface area contributed by atoms with E-state index in [1.54, 1.807) is 13.0 Å². The van der Waals surface area contributed by atoms with Crippen molar-refractivity contribution in [3.8, 4) is 0 Å². The van der Waals surface area contributed by atoms with Gasteiger partial charge in [0.2, 0.25) is 5.78 Å². The molecule has 0 bridgehead atoms. The van der Waals surface area contributed by atoms with E-state index >= 15 is 0 Å². The predicted molar refractivity (Wildman–Crippen MR) is 70.4 cm³/mol. The first-order valence-corrected chi connectivity index (χ1v) is 6.38. The van der Waals surface area contributed by atoms with E-state index in [2.05, 4.69) is 0 Å². The summed E-state index contributed by atoms with van der Waals surface area (Å²) in [5.41, 5.74) is -0.858. The zero-order chi connectivity index (χ0) is 14.9. The molecule has 0 aliphatic heterocycles. The Kier molecular flexibility index (Phi) is 3.63. The maximum absolute atomic E-state index is 14.1. The Morgan fingerprint density at radius 3 is 2.25 bits per heavy atom. The third kappa shape index (κ3) is 2.57. The van der Waals surface area contributed by atoms with Gasteiger partial charge in [-0.3, -0.25) is 14.9 Å². The van der Waals surface area contributed by atoms with Crippen molar-refractivity contribution in [2.75, 3.05) is 0 Å². The summed E-state index contributed by atoms with van der Waals surface area (Å²) in [6, 6.07) is 6.64. The van der Waals surface area contributed by atoms with Crippen LogP contribution in [0.15, 0.2) is 36.4 Å². The molecule has 0 atom stereocenters. The van der Waals surface area contributed by atoms with Gasteiger partial charge in [0.05, 0.1) is 9.80 Å². The molecule has 0 saturated carbocycles. The first kappa shape index (κ1) is 14.3. The number of halogens is 2. The van der Waals surface area contributed by atoms with Crippen LogP contribution >= 0.6 is 11.3 Å². The highest BCUT2D eigenvalue weighted by atomic mass is 32.1. The van der Waals surface area contributed by atoms with Gasteiger partial charge in [0.15, 0.2) is 0 Å². The number of nitro groups is 1. The predicted octanol–water partition coefficient (Wildman–Crippen LogP) is 3.94. The number of ketones is 1. The van der Waals surface area contributed by atoms with Crippen LogP contribution in [-0.2, 0) is 5.92 Å². The van der Waals surface area contributed by atoms with Crippen LogP contribution in [0.5, 0.6) is 0 Å². The number of thiophene rings is 1. The molecule has 0 radical (unpaired) electrons. The van der Waals surface area contributed by atoms with Crippen molar-refractivity contribution < 1.29 is 18.5 Å². The van der Waals surface area contributed by atoms with Gasteiger partial charge in [0.1, 0.15) is 0 Å². The fourth-order valence-electron chi connectivity index (χ4n) is 1.63. The van der Waals surface area contributed by atoms with E-state index in [-0.39, 0.29) is 10.6 Å². The summed E-state index contributed by atoms with van der Waals surface area (Å²) >= 11 is 0.988. The van der Waals surface area contributed by atoms with E-state index in [0.29, 0.717) is 0 Å². The Labute approximate surface area is 116 Å². The van der Waals surface area contributed by atoms with Gasteiger partial charge in [-0.1, -0.05) is 0 Å². The molecular formula is C13H9F2NO3S. The normalized spacial score (nSPS) is 11.3. The van der Waals surface area contributed by atoms with Crippen molar-refractivity contribution in [2.45, 2.75) is 12.8 Å². The van der Waals surface area contributed by atoms with E-state index in [1.807, 2.05) is 0 Å². The lowest BCUT2D eigenvalue weighted by molar-refractivity contribution is -0.384. The maximum atomic E-state index is 14.1. The Morgan fingerprint density at radius 2 is 1.80 bits per heavy atom. The van der Waals surface area contributed by atoms with Gasteiger partial charge in [0.25, 0.3) is 5.69 Å². The quantitative estimate of drug-likeness (QED) is 0.488. The standard InChI is InChI=1S/C13H9F2NO3S/c1-8-2-7-11(20-8)12(17)13(14,15)9-3-5-10(6-4-9)16(18)19/h2-7H,1H3. The minimum Gasteiger partial charge on any atom is -0.286 e. The number of hydrogen-bond acceptors (Lipinski definition) is 4. The molecule has 0 unspecified atom stereocenters. The highest BCUT2D eigenvalue weighted by Gasteiger charge is 2.42. The van der Waals surface area contributed by atoms with E-state index in [4.69, 9.17) is 0 Å². The third-order valence-electron chi connectivity index (χ3n) is 2.69. The molecule has 0 fully saturated rings. The molecular weight excluding hydrogens is 288 g/mol. The molecule has 2 rings (SSSR count). The fraction of sp³-hybridized carbons (Fsp3) is 0.154. The van der Waals surface area contributed by atoms with Crippen LogP contribution in [0, 0.1) is 17.0 Å². The molecule has 4 nitrogen and oxygen atoms in total.